The first-order chi connectivity index (χ1) is 26.2. The van der Waals surface area contributed by atoms with Gasteiger partial charge in [-0.1, -0.05) is 205 Å². The maximum absolute atomic E-state index is 11.2. The largest absolute Gasteiger partial charge is 0.0622 e. The van der Waals surface area contributed by atoms with Crippen molar-refractivity contribution < 1.29 is 19.4 Å². The number of Topliss-reactive ketones (excluding diaryl/α,β-unsaturated/α-hetero) is 1. The van der Waals surface area contributed by atoms with E-state index < -0.39 is 15.8 Å². The summed E-state index contributed by atoms with van der Waals surface area (Å²) in [6, 6.07) is 79.1. The van der Waals surface area contributed by atoms with Crippen LogP contribution in [0, 0.1) is 6.07 Å². The van der Waals surface area contributed by atoms with Crippen molar-refractivity contribution in [3.05, 3.63) is 230 Å². The molecule has 0 bridgehead atoms. The minimum atomic E-state index is -0.446. The summed E-state index contributed by atoms with van der Waals surface area (Å²) >= 11 is 3.35. The Labute approximate surface area is 328 Å². The molecule has 0 N–H and O–H groups in total. The predicted molar refractivity (Wildman–Crippen MR) is 229 cm³/mol. The van der Waals surface area contributed by atoms with E-state index in [0.29, 0.717) is 0 Å². The van der Waals surface area contributed by atoms with Crippen molar-refractivity contribution in [2.45, 2.75) is 6.92 Å². The van der Waals surface area contributed by atoms with Gasteiger partial charge in [0.2, 0.25) is 0 Å². The minimum absolute atomic E-state index is 0.102. The molecular weight excluding hydrogens is 749 g/mol. The summed E-state index contributed by atoms with van der Waals surface area (Å²) in [7, 11) is 3.37. The van der Waals surface area contributed by atoms with Gasteiger partial charge >= 0.3 is 24.8 Å². The Bertz CT molecular complexity index is 1910. The van der Waals surface area contributed by atoms with Gasteiger partial charge in [-0.05, 0) is 54.6 Å². The number of halogens is 1. The molecule has 8 rings (SSSR count). The second-order valence-electron chi connectivity index (χ2n) is 11.7. The van der Waals surface area contributed by atoms with Crippen LogP contribution in [0.25, 0.3) is 10.8 Å². The Morgan fingerprint density at radius 1 is 0.415 bits per heavy atom. The number of carbonyl (C=O) groups is 1. The van der Waals surface area contributed by atoms with E-state index in [1.54, 1.807) is 13.0 Å². The van der Waals surface area contributed by atoms with Crippen LogP contribution in [-0.2, 0) is 14.6 Å². The van der Waals surface area contributed by atoms with E-state index >= 15 is 0 Å². The summed E-state index contributed by atoms with van der Waals surface area (Å²) in [5.74, 6) is 0.102. The molecule has 8 aromatic rings. The van der Waals surface area contributed by atoms with Crippen molar-refractivity contribution in [2.24, 2.45) is 0 Å². The fourth-order valence-corrected chi connectivity index (χ4v) is 10.4. The molecule has 0 aromatic heterocycles. The molecule has 8 aromatic carbocycles. The smallest absolute Gasteiger partial charge is 0.0134 e. The third-order valence-electron chi connectivity index (χ3n) is 8.17. The number of fused-ring (bicyclic) bond motifs is 1. The van der Waals surface area contributed by atoms with Crippen molar-refractivity contribution in [3.63, 3.8) is 0 Å². The first-order valence-electron chi connectivity index (χ1n) is 17.1. The molecule has 53 heavy (non-hydrogen) atoms. The normalized spacial score (nSPS) is 10.2. The number of hydrogen-bond donors (Lipinski definition) is 0. The molecule has 0 radical (unpaired) electrons. The van der Waals surface area contributed by atoms with Crippen LogP contribution in [0.3, 0.4) is 0 Å². The molecule has 0 atom stereocenters. The molecule has 0 heterocycles. The van der Waals surface area contributed by atoms with Crippen LogP contribution in [0.5, 0.6) is 0 Å². The standard InChI is InChI=1S/2C18H15P.C12H9O.ClH.Ni/c2*1-4-10-16(11-5-1)19(17-12-6-2-7-13-17)18-14-8-3-9-15-18;1-9(13)11-8-4-6-10-5-2-3-7-12(10)11;;/h2*1-15H;2-5,7-8H,1H3;1H;/q;;-1;;+1/p-1. The van der Waals surface area contributed by atoms with Crippen LogP contribution in [-0.4, -0.2) is 5.78 Å². The van der Waals surface area contributed by atoms with Crippen molar-refractivity contribution in [1.82, 2.24) is 0 Å². The van der Waals surface area contributed by atoms with E-state index in [1.807, 2.05) is 30.3 Å². The van der Waals surface area contributed by atoms with Crippen LogP contribution < -0.4 is 31.8 Å². The molecule has 0 aliphatic heterocycles. The number of hydrogen-bond acceptors (Lipinski definition) is 1. The monoisotopic (exact) mass is 786 g/mol. The van der Waals surface area contributed by atoms with Crippen molar-refractivity contribution >= 4 is 74.4 Å². The second-order valence-corrected chi connectivity index (χ2v) is 16.1. The topological polar surface area (TPSA) is 17.1 Å². The van der Waals surface area contributed by atoms with Gasteiger partial charge < -0.3 is 0 Å². The van der Waals surface area contributed by atoms with Gasteiger partial charge in [0.05, 0.1) is 0 Å². The number of benzene rings is 8. The zero-order valence-electron chi connectivity index (χ0n) is 29.3. The fraction of sp³-hybridized carbons (Fsp3) is 0.0208. The van der Waals surface area contributed by atoms with E-state index in [1.165, 1.54) is 31.8 Å². The van der Waals surface area contributed by atoms with E-state index in [0.717, 1.165) is 16.3 Å². The van der Waals surface area contributed by atoms with E-state index in [2.05, 4.69) is 213 Å². The van der Waals surface area contributed by atoms with E-state index in [-0.39, 0.29) is 5.78 Å². The zero-order chi connectivity index (χ0) is 37.1. The van der Waals surface area contributed by atoms with Crippen LogP contribution in [0.15, 0.2) is 218 Å². The predicted octanol–water partition coefficient (Wildman–Crippen LogP) is 10.4. The van der Waals surface area contributed by atoms with Gasteiger partial charge in [-0.15, -0.1) is 35.7 Å². The molecule has 1 nitrogen and oxygen atoms in total. The summed E-state index contributed by atoms with van der Waals surface area (Å²) in [6.07, 6.45) is 0. The minimum Gasteiger partial charge on any atom is -0.0622 e. The third kappa shape index (κ3) is 11.4. The number of carbonyl (C=O) groups excluding carboxylic acids is 1. The molecule has 0 spiro atoms. The maximum Gasteiger partial charge on any atom is -0.0134 e. The molecule has 0 unspecified atom stereocenters. The summed E-state index contributed by atoms with van der Waals surface area (Å²) < 4.78 is 0. The Balaban J connectivity index is 0.000000152. The molecule has 0 fully saturated rings. The molecule has 0 saturated heterocycles. The Morgan fingerprint density at radius 2 is 0.679 bits per heavy atom. The SMILES string of the molecule is CC(=O)c1cc[c-]c2ccccc12.[Cl][Ni].c1ccc(P(c2ccccc2)c2ccccc2)cc1.c1ccc(P(c2ccccc2)c2ccccc2)cc1. The third-order valence-corrected chi connectivity index (χ3v) is 13.1. The van der Waals surface area contributed by atoms with Crippen LogP contribution >= 0.6 is 26.0 Å². The van der Waals surface area contributed by atoms with Crippen molar-refractivity contribution in [1.29, 1.82) is 0 Å². The fourth-order valence-electron chi connectivity index (χ4n) is 5.81. The quantitative estimate of drug-likeness (QED) is 0.0681. The summed E-state index contributed by atoms with van der Waals surface area (Å²) in [6.45, 7) is 1.59. The Kier molecular flexibility index (Phi) is 16.2. The van der Waals surface area contributed by atoms with Gasteiger partial charge in [0.15, 0.2) is 0 Å². The maximum atomic E-state index is 11.2. The molecule has 5 heteroatoms. The van der Waals surface area contributed by atoms with Crippen LogP contribution in [0.1, 0.15) is 17.3 Å². The van der Waals surface area contributed by atoms with Crippen LogP contribution in [0.4, 0.5) is 0 Å². The Hall–Kier alpha value is -4.67. The summed E-state index contributed by atoms with van der Waals surface area (Å²) in [5, 5.41) is 10.4. The molecule has 0 amide bonds. The molecule has 0 saturated carbocycles. The van der Waals surface area contributed by atoms with Gasteiger partial charge in [-0.25, -0.2) is 0 Å². The summed E-state index contributed by atoms with van der Waals surface area (Å²) in [5.41, 5.74) is 0.773. The average molecular weight is 788 g/mol. The van der Waals surface area contributed by atoms with Crippen molar-refractivity contribution in [3.8, 4) is 0 Å². The van der Waals surface area contributed by atoms with E-state index in [9.17, 15) is 4.79 Å². The molecule has 265 valence electrons. The van der Waals surface area contributed by atoms with Crippen LogP contribution in [0.2, 0.25) is 0 Å². The van der Waals surface area contributed by atoms with Gasteiger partial charge in [0.1, 0.15) is 5.78 Å². The van der Waals surface area contributed by atoms with Gasteiger partial charge in [-0.2, -0.15) is 0 Å². The van der Waals surface area contributed by atoms with E-state index in [4.69, 9.17) is 0 Å². The molecule has 0 aliphatic carbocycles. The number of ketones is 1. The van der Waals surface area contributed by atoms with Gasteiger partial charge in [-0.3, -0.25) is 4.79 Å². The first-order valence-corrected chi connectivity index (χ1v) is 21.2. The molecular formula is C48H39ClNiOP2-. The average Bonchev–Trinajstić information content (AvgIpc) is 3.24. The Morgan fingerprint density at radius 3 is 0.962 bits per heavy atom. The first kappa shape index (κ1) is 39.5. The van der Waals surface area contributed by atoms with Gasteiger partial charge in [0, 0.05) is 0 Å². The summed E-state index contributed by atoms with van der Waals surface area (Å²) in [4.78, 5) is 11.2. The number of rotatable bonds is 7. The second kappa shape index (κ2) is 21.8. The zero-order valence-corrected chi connectivity index (χ0v) is 32.8. The van der Waals surface area contributed by atoms with Gasteiger partial charge in [0.25, 0.3) is 0 Å². The van der Waals surface area contributed by atoms with Crippen molar-refractivity contribution in [2.75, 3.05) is 0 Å². The molecule has 0 aliphatic rings.